The number of likely N-dealkylation sites (tertiary alicyclic amines) is 1. The number of fused-ring (bicyclic) bond motifs is 2. The predicted molar refractivity (Wildman–Crippen MR) is 105 cm³/mol. The molecule has 0 atom stereocenters. The summed E-state index contributed by atoms with van der Waals surface area (Å²) < 4.78 is 40.5. The van der Waals surface area contributed by atoms with Crippen LogP contribution in [-0.2, 0) is 12.1 Å². The highest BCUT2D eigenvalue weighted by atomic mass is 19.4. The number of nitrogens with zero attached hydrogens (tertiary/aromatic N) is 4. The highest BCUT2D eigenvalue weighted by Gasteiger charge is 2.48. The lowest BCUT2D eigenvalue weighted by Gasteiger charge is -2.50. The van der Waals surface area contributed by atoms with Crippen LogP contribution in [0.25, 0.3) is 0 Å². The number of carbonyl (C=O) groups excluding carboxylic acids is 2. The normalized spacial score (nSPS) is 18.8. The van der Waals surface area contributed by atoms with E-state index in [0.29, 0.717) is 50.4 Å². The summed E-state index contributed by atoms with van der Waals surface area (Å²) >= 11 is 0. The maximum absolute atomic E-state index is 13.0. The summed E-state index contributed by atoms with van der Waals surface area (Å²) in [6, 6.07) is 5.77. The van der Waals surface area contributed by atoms with Crippen LogP contribution in [0.2, 0.25) is 0 Å². The van der Waals surface area contributed by atoms with Gasteiger partial charge in [-0.3, -0.25) is 14.5 Å². The fourth-order valence-electron chi connectivity index (χ4n) is 4.67. The number of rotatable bonds is 2. The maximum Gasteiger partial charge on any atom is 0.456 e. The first-order valence-corrected chi connectivity index (χ1v) is 10.0. The molecule has 2 aromatic heterocycles. The van der Waals surface area contributed by atoms with E-state index in [4.69, 9.17) is 0 Å². The smallest absolute Gasteiger partial charge is 0.456 e. The Morgan fingerprint density at radius 2 is 1.74 bits per heavy atom. The second kappa shape index (κ2) is 7.37. The summed E-state index contributed by atoms with van der Waals surface area (Å²) in [5.41, 5.74) is 0.407. The first kappa shape index (κ1) is 21.4. The molecule has 1 fully saturated rings. The molecule has 10 heteroatoms. The fraction of sp³-hybridized carbons (Fsp3) is 0.476. The van der Waals surface area contributed by atoms with Gasteiger partial charge in [0.15, 0.2) is 0 Å². The second-order valence-electron chi connectivity index (χ2n) is 8.13. The highest BCUT2D eigenvalue weighted by Crippen LogP contribution is 2.42. The third-order valence-corrected chi connectivity index (χ3v) is 6.49. The van der Waals surface area contributed by atoms with Crippen molar-refractivity contribution in [2.45, 2.75) is 38.0 Å². The Morgan fingerprint density at radius 3 is 2.35 bits per heavy atom. The van der Waals surface area contributed by atoms with Crippen molar-refractivity contribution < 1.29 is 27.9 Å². The van der Waals surface area contributed by atoms with Gasteiger partial charge in [-0.05, 0) is 51.1 Å². The van der Waals surface area contributed by atoms with Crippen LogP contribution in [0.1, 0.15) is 45.2 Å². The van der Waals surface area contributed by atoms with Crippen LogP contribution in [0.15, 0.2) is 24.3 Å². The molecule has 0 saturated carbocycles. The lowest BCUT2D eigenvalue weighted by atomic mass is 9.81. The summed E-state index contributed by atoms with van der Waals surface area (Å²) in [5, 5.41) is 9.63. The number of halogens is 3. The number of hydrogen-bond donors (Lipinski definition) is 1. The Bertz CT molecular complexity index is 1040. The maximum atomic E-state index is 13.0. The standard InChI is InChI=1S/C21H23F3N4O3/c1-13-16(29)5-3-14(25-13)19(31)27-9-7-20(8-10-27)17-6-4-15(18(30)21(22,23)24)28(17)12-11-26(20)2/h3-6,29H,7-12H2,1-2H3. The molecule has 4 heterocycles. The van der Waals surface area contributed by atoms with Crippen LogP contribution in [0.4, 0.5) is 13.2 Å². The van der Waals surface area contributed by atoms with Crippen molar-refractivity contribution in [3.8, 4) is 5.75 Å². The molecule has 2 aromatic rings. The van der Waals surface area contributed by atoms with E-state index in [1.54, 1.807) is 17.9 Å². The highest BCUT2D eigenvalue weighted by molar-refractivity contribution is 5.99. The van der Waals surface area contributed by atoms with Crippen molar-refractivity contribution in [2.75, 3.05) is 26.7 Å². The van der Waals surface area contributed by atoms with Crippen LogP contribution in [0.5, 0.6) is 5.75 Å². The summed E-state index contributed by atoms with van der Waals surface area (Å²) in [5.74, 6) is -2.07. The van der Waals surface area contributed by atoms with Gasteiger partial charge in [0.05, 0.1) is 16.9 Å². The number of alkyl halides is 3. The number of carbonyl (C=O) groups is 2. The third-order valence-electron chi connectivity index (χ3n) is 6.49. The number of hydrogen-bond acceptors (Lipinski definition) is 5. The number of Topliss-reactive ketones (excluding diaryl/α,β-unsaturated/α-hetero) is 1. The van der Waals surface area contributed by atoms with Crippen LogP contribution in [0.3, 0.4) is 0 Å². The monoisotopic (exact) mass is 436 g/mol. The molecular formula is C21H23F3N4O3. The van der Waals surface area contributed by atoms with Gasteiger partial charge >= 0.3 is 6.18 Å². The topological polar surface area (TPSA) is 78.7 Å². The Morgan fingerprint density at radius 1 is 1.06 bits per heavy atom. The summed E-state index contributed by atoms with van der Waals surface area (Å²) in [4.78, 5) is 32.6. The van der Waals surface area contributed by atoms with E-state index in [2.05, 4.69) is 9.88 Å². The largest absolute Gasteiger partial charge is 0.506 e. The summed E-state index contributed by atoms with van der Waals surface area (Å²) in [6.45, 7) is 3.23. The first-order valence-electron chi connectivity index (χ1n) is 10.0. The minimum Gasteiger partial charge on any atom is -0.506 e. The Labute approximate surface area is 177 Å². The zero-order valence-corrected chi connectivity index (χ0v) is 17.2. The zero-order chi connectivity index (χ0) is 22.6. The van der Waals surface area contributed by atoms with Crippen molar-refractivity contribution in [2.24, 2.45) is 0 Å². The zero-order valence-electron chi connectivity index (χ0n) is 17.2. The van der Waals surface area contributed by atoms with Crippen molar-refractivity contribution in [1.29, 1.82) is 0 Å². The van der Waals surface area contributed by atoms with E-state index in [-0.39, 0.29) is 23.0 Å². The van der Waals surface area contributed by atoms with Gasteiger partial charge in [-0.1, -0.05) is 0 Å². The SMILES string of the molecule is Cc1nc(C(=O)N2CCC3(CC2)c2ccc(C(=O)C(F)(F)F)n2CCN3C)ccc1O. The number of likely N-dealkylation sites (N-methyl/N-ethyl adjacent to an activating group) is 1. The third kappa shape index (κ3) is 3.48. The van der Waals surface area contributed by atoms with Gasteiger partial charge in [0.2, 0.25) is 0 Å². The quantitative estimate of drug-likeness (QED) is 0.733. The predicted octanol–water partition coefficient (Wildman–Crippen LogP) is 2.72. The van der Waals surface area contributed by atoms with E-state index >= 15 is 0 Å². The molecule has 0 aromatic carbocycles. The molecule has 1 saturated heterocycles. The van der Waals surface area contributed by atoms with Gasteiger partial charge in [0.1, 0.15) is 11.4 Å². The summed E-state index contributed by atoms with van der Waals surface area (Å²) in [7, 11) is 1.92. The lowest BCUT2D eigenvalue weighted by molar-refractivity contribution is -0.0892. The van der Waals surface area contributed by atoms with E-state index in [9.17, 15) is 27.9 Å². The Kier molecular flexibility index (Phi) is 5.07. The number of aryl methyl sites for hydroxylation is 1. The number of aromatic nitrogens is 2. The van der Waals surface area contributed by atoms with Gasteiger partial charge < -0.3 is 14.6 Å². The molecule has 2 aliphatic rings. The average molecular weight is 436 g/mol. The number of piperidine rings is 1. The Hall–Kier alpha value is -2.88. The average Bonchev–Trinajstić information content (AvgIpc) is 3.16. The van der Waals surface area contributed by atoms with Crippen LogP contribution >= 0.6 is 0 Å². The van der Waals surface area contributed by atoms with Crippen molar-refractivity contribution in [3.05, 3.63) is 47.0 Å². The molecule has 1 spiro atoms. The number of ketones is 1. The molecule has 0 bridgehead atoms. The van der Waals surface area contributed by atoms with Crippen LogP contribution in [0, 0.1) is 6.92 Å². The molecule has 0 unspecified atom stereocenters. The van der Waals surface area contributed by atoms with E-state index in [1.807, 2.05) is 7.05 Å². The second-order valence-corrected chi connectivity index (χ2v) is 8.13. The molecular weight excluding hydrogens is 413 g/mol. The molecule has 4 rings (SSSR count). The van der Waals surface area contributed by atoms with Crippen molar-refractivity contribution in [1.82, 2.24) is 19.4 Å². The number of amides is 1. The molecule has 1 amide bonds. The molecule has 0 aliphatic carbocycles. The first-order chi connectivity index (χ1) is 14.5. The van der Waals surface area contributed by atoms with Gasteiger partial charge in [-0.25, -0.2) is 4.98 Å². The molecule has 1 N–H and O–H groups in total. The van der Waals surface area contributed by atoms with Gasteiger partial charge in [-0.2, -0.15) is 13.2 Å². The fourth-order valence-corrected chi connectivity index (χ4v) is 4.67. The van der Waals surface area contributed by atoms with E-state index in [0.717, 1.165) is 0 Å². The van der Waals surface area contributed by atoms with Gasteiger partial charge in [0.25, 0.3) is 11.7 Å². The molecule has 31 heavy (non-hydrogen) atoms. The minimum absolute atomic E-state index is 0.0166. The molecule has 2 aliphatic heterocycles. The van der Waals surface area contributed by atoms with Crippen molar-refractivity contribution >= 4 is 11.7 Å². The molecule has 166 valence electrons. The summed E-state index contributed by atoms with van der Waals surface area (Å²) in [6.07, 6.45) is -3.87. The minimum atomic E-state index is -4.92. The van der Waals surface area contributed by atoms with Crippen LogP contribution < -0.4 is 0 Å². The lowest BCUT2D eigenvalue weighted by Crippen LogP contribution is -2.56. The molecule has 0 radical (unpaired) electrons. The van der Waals surface area contributed by atoms with Gasteiger partial charge in [0, 0.05) is 31.9 Å². The molecule has 7 nitrogen and oxygen atoms in total. The van der Waals surface area contributed by atoms with Crippen molar-refractivity contribution in [3.63, 3.8) is 0 Å². The number of aromatic hydroxyl groups is 1. The number of pyridine rings is 1. The van der Waals surface area contributed by atoms with E-state index in [1.165, 1.54) is 22.8 Å². The Balaban J connectivity index is 1.58. The van der Waals surface area contributed by atoms with Crippen LogP contribution in [-0.4, -0.2) is 69.0 Å². The van der Waals surface area contributed by atoms with Gasteiger partial charge in [-0.15, -0.1) is 0 Å². The van der Waals surface area contributed by atoms with E-state index < -0.39 is 17.5 Å².